The van der Waals surface area contributed by atoms with Crippen LogP contribution in [0.4, 0.5) is 5.69 Å². The molecule has 1 aromatic heterocycles. The maximum atomic E-state index is 12.0. The second kappa shape index (κ2) is 4.91. The van der Waals surface area contributed by atoms with Gasteiger partial charge in [0.2, 0.25) is 5.91 Å². The summed E-state index contributed by atoms with van der Waals surface area (Å²) in [5, 5.41) is 0. The quantitative estimate of drug-likeness (QED) is 0.761. The van der Waals surface area contributed by atoms with Gasteiger partial charge in [-0.15, -0.1) is 0 Å². The molecule has 0 saturated carbocycles. The number of pyridine rings is 1. The summed E-state index contributed by atoms with van der Waals surface area (Å²) in [6.45, 7) is 7.84. The van der Waals surface area contributed by atoms with Gasteiger partial charge in [0.25, 0.3) is 0 Å². The van der Waals surface area contributed by atoms with Gasteiger partial charge in [-0.05, 0) is 26.0 Å². The van der Waals surface area contributed by atoms with Gasteiger partial charge in [-0.1, -0.05) is 13.8 Å². The summed E-state index contributed by atoms with van der Waals surface area (Å²) in [4.78, 5) is 17.8. The Morgan fingerprint density at radius 1 is 1.33 bits per heavy atom. The molecule has 1 amide bonds. The van der Waals surface area contributed by atoms with Crippen LogP contribution in [0.1, 0.15) is 27.7 Å². The smallest absolute Gasteiger partial charge is 0.229 e. The van der Waals surface area contributed by atoms with E-state index in [0.717, 1.165) is 5.69 Å². The van der Waals surface area contributed by atoms with E-state index < -0.39 is 0 Å². The molecule has 1 heterocycles. The first-order chi connectivity index (χ1) is 7.04. The van der Waals surface area contributed by atoms with Gasteiger partial charge < -0.3 is 4.90 Å². The van der Waals surface area contributed by atoms with Gasteiger partial charge in [0, 0.05) is 18.2 Å². The third-order valence-corrected chi connectivity index (χ3v) is 2.17. The molecular weight excluding hydrogens is 188 g/mol. The van der Waals surface area contributed by atoms with Crippen LogP contribution >= 0.6 is 0 Å². The highest BCUT2D eigenvalue weighted by atomic mass is 16.2. The lowest BCUT2D eigenvalue weighted by atomic mass is 10.1. The molecule has 0 aliphatic carbocycles. The normalized spacial score (nSPS) is 10.8. The highest BCUT2D eigenvalue weighted by molar-refractivity contribution is 5.94. The number of anilines is 1. The highest BCUT2D eigenvalue weighted by Gasteiger charge is 2.21. The van der Waals surface area contributed by atoms with Crippen molar-refractivity contribution < 1.29 is 4.79 Å². The molecule has 0 bridgehead atoms. The molecule has 0 radical (unpaired) electrons. The summed E-state index contributed by atoms with van der Waals surface area (Å²) in [6, 6.07) is 3.91. The Hall–Kier alpha value is -1.38. The number of aromatic nitrogens is 1. The number of hydrogen-bond donors (Lipinski definition) is 0. The molecule has 0 fully saturated rings. The van der Waals surface area contributed by atoms with Gasteiger partial charge in [-0.2, -0.15) is 0 Å². The lowest BCUT2D eigenvalue weighted by Crippen LogP contribution is -2.39. The predicted molar refractivity (Wildman–Crippen MR) is 61.7 cm³/mol. The van der Waals surface area contributed by atoms with Gasteiger partial charge in [-0.3, -0.25) is 9.78 Å². The Bertz CT molecular complexity index is 320. The fourth-order valence-electron chi connectivity index (χ4n) is 1.45. The SMILES string of the molecule is CC(C)C(=O)N(c1cccnc1)C(C)C. The van der Waals surface area contributed by atoms with Crippen molar-refractivity contribution in [2.75, 3.05) is 4.90 Å². The average Bonchev–Trinajstić information content (AvgIpc) is 2.18. The van der Waals surface area contributed by atoms with E-state index in [2.05, 4.69) is 4.98 Å². The van der Waals surface area contributed by atoms with Crippen LogP contribution in [0.25, 0.3) is 0 Å². The van der Waals surface area contributed by atoms with Crippen LogP contribution in [-0.2, 0) is 4.79 Å². The van der Waals surface area contributed by atoms with Crippen LogP contribution in [-0.4, -0.2) is 16.9 Å². The van der Waals surface area contributed by atoms with Crippen LogP contribution in [0.15, 0.2) is 24.5 Å². The minimum atomic E-state index is 0.00704. The number of carbonyl (C=O) groups excluding carboxylic acids is 1. The minimum Gasteiger partial charge on any atom is -0.308 e. The summed E-state index contributed by atoms with van der Waals surface area (Å²) in [7, 11) is 0. The van der Waals surface area contributed by atoms with Crippen molar-refractivity contribution in [3.63, 3.8) is 0 Å². The van der Waals surface area contributed by atoms with Crippen LogP contribution in [0, 0.1) is 5.92 Å². The molecule has 15 heavy (non-hydrogen) atoms. The molecule has 0 saturated heterocycles. The molecule has 3 nitrogen and oxygen atoms in total. The van der Waals surface area contributed by atoms with Crippen molar-refractivity contribution in [1.82, 2.24) is 4.98 Å². The fraction of sp³-hybridized carbons (Fsp3) is 0.500. The van der Waals surface area contributed by atoms with Gasteiger partial charge in [0.05, 0.1) is 11.9 Å². The number of nitrogens with zero attached hydrogens (tertiary/aromatic N) is 2. The minimum absolute atomic E-state index is 0.00704. The zero-order valence-electron chi connectivity index (χ0n) is 9.77. The van der Waals surface area contributed by atoms with Crippen molar-refractivity contribution in [2.45, 2.75) is 33.7 Å². The van der Waals surface area contributed by atoms with Gasteiger partial charge in [0.15, 0.2) is 0 Å². The van der Waals surface area contributed by atoms with Crippen molar-refractivity contribution in [1.29, 1.82) is 0 Å². The number of carbonyl (C=O) groups is 1. The van der Waals surface area contributed by atoms with E-state index in [1.54, 1.807) is 17.3 Å². The molecule has 0 aliphatic heterocycles. The fourth-order valence-corrected chi connectivity index (χ4v) is 1.45. The molecule has 0 spiro atoms. The molecule has 82 valence electrons. The van der Waals surface area contributed by atoms with Gasteiger partial charge in [0.1, 0.15) is 0 Å². The van der Waals surface area contributed by atoms with E-state index >= 15 is 0 Å². The van der Waals surface area contributed by atoms with E-state index in [-0.39, 0.29) is 17.9 Å². The standard InChI is InChI=1S/C12H18N2O/c1-9(2)12(15)14(10(3)4)11-6-5-7-13-8-11/h5-10H,1-4H3. The molecule has 1 aromatic rings. The van der Waals surface area contributed by atoms with Crippen molar-refractivity contribution >= 4 is 11.6 Å². The van der Waals surface area contributed by atoms with E-state index in [4.69, 9.17) is 0 Å². The number of amides is 1. The third-order valence-electron chi connectivity index (χ3n) is 2.17. The Kier molecular flexibility index (Phi) is 3.83. The zero-order valence-corrected chi connectivity index (χ0v) is 9.77. The lowest BCUT2D eigenvalue weighted by Gasteiger charge is -2.28. The maximum Gasteiger partial charge on any atom is 0.229 e. The molecule has 0 atom stereocenters. The summed E-state index contributed by atoms with van der Waals surface area (Å²) in [5.74, 6) is 0.144. The molecule has 0 unspecified atom stereocenters. The van der Waals surface area contributed by atoms with E-state index in [9.17, 15) is 4.79 Å². The lowest BCUT2D eigenvalue weighted by molar-refractivity contribution is -0.121. The maximum absolute atomic E-state index is 12.0. The Morgan fingerprint density at radius 2 is 2.00 bits per heavy atom. The first kappa shape index (κ1) is 11.7. The van der Waals surface area contributed by atoms with Crippen molar-refractivity contribution in [2.24, 2.45) is 5.92 Å². The van der Waals surface area contributed by atoms with Crippen LogP contribution < -0.4 is 4.90 Å². The molecule has 0 N–H and O–H groups in total. The molecule has 0 aliphatic rings. The number of rotatable bonds is 3. The third kappa shape index (κ3) is 2.78. The Morgan fingerprint density at radius 3 is 2.40 bits per heavy atom. The summed E-state index contributed by atoms with van der Waals surface area (Å²) in [5.41, 5.74) is 0.867. The van der Waals surface area contributed by atoms with Crippen LogP contribution in [0.2, 0.25) is 0 Å². The summed E-state index contributed by atoms with van der Waals surface area (Å²) < 4.78 is 0. The Labute approximate surface area is 91.1 Å². The van der Waals surface area contributed by atoms with Gasteiger partial charge >= 0.3 is 0 Å². The first-order valence-electron chi connectivity index (χ1n) is 5.27. The predicted octanol–water partition coefficient (Wildman–Crippen LogP) is 2.48. The number of hydrogen-bond acceptors (Lipinski definition) is 2. The molecular formula is C12H18N2O. The first-order valence-corrected chi connectivity index (χ1v) is 5.27. The van der Waals surface area contributed by atoms with Crippen LogP contribution in [0.3, 0.4) is 0 Å². The highest BCUT2D eigenvalue weighted by Crippen LogP contribution is 2.17. The summed E-state index contributed by atoms with van der Waals surface area (Å²) in [6.07, 6.45) is 3.43. The van der Waals surface area contributed by atoms with Gasteiger partial charge in [-0.25, -0.2) is 0 Å². The van der Waals surface area contributed by atoms with E-state index in [1.165, 1.54) is 0 Å². The monoisotopic (exact) mass is 206 g/mol. The topological polar surface area (TPSA) is 33.2 Å². The van der Waals surface area contributed by atoms with E-state index in [0.29, 0.717) is 0 Å². The molecule has 1 rings (SSSR count). The Balaban J connectivity index is 2.99. The van der Waals surface area contributed by atoms with Crippen molar-refractivity contribution in [3.05, 3.63) is 24.5 Å². The molecule has 3 heteroatoms. The second-order valence-electron chi connectivity index (χ2n) is 4.17. The molecule has 0 aromatic carbocycles. The van der Waals surface area contributed by atoms with Crippen molar-refractivity contribution in [3.8, 4) is 0 Å². The van der Waals surface area contributed by atoms with E-state index in [1.807, 2.05) is 39.8 Å². The second-order valence-corrected chi connectivity index (χ2v) is 4.17. The summed E-state index contributed by atoms with van der Waals surface area (Å²) >= 11 is 0. The largest absolute Gasteiger partial charge is 0.308 e. The average molecular weight is 206 g/mol. The van der Waals surface area contributed by atoms with Crippen LogP contribution in [0.5, 0.6) is 0 Å². The zero-order chi connectivity index (χ0) is 11.4.